The van der Waals surface area contributed by atoms with Gasteiger partial charge in [0.15, 0.2) is 0 Å². The van der Waals surface area contributed by atoms with E-state index in [0.717, 1.165) is 33.5 Å². The number of aromatic amines is 2. The molecule has 240 valence electrons. The number of hydrogen-bond acceptors (Lipinski definition) is 7. The number of aryl methyl sites for hydroxylation is 2. The lowest BCUT2D eigenvalue weighted by Crippen LogP contribution is -2.18. The third-order valence-corrected chi connectivity index (χ3v) is 9.15. The fourth-order valence-electron chi connectivity index (χ4n) is 6.63. The van der Waals surface area contributed by atoms with Gasteiger partial charge in [0.1, 0.15) is 0 Å². The number of carboxylic acids is 3. The molecule has 8 bridgehead atoms. The van der Waals surface area contributed by atoms with E-state index in [2.05, 4.69) is 21.4 Å². The predicted molar refractivity (Wildman–Crippen MR) is 172 cm³/mol. The van der Waals surface area contributed by atoms with Crippen LogP contribution in [0.1, 0.15) is 113 Å². The lowest BCUT2D eigenvalue weighted by atomic mass is 9.84. The molecule has 0 saturated carbocycles. The first-order chi connectivity index (χ1) is 21.8. The van der Waals surface area contributed by atoms with Gasteiger partial charge in [-0.05, 0) is 74.1 Å². The van der Waals surface area contributed by atoms with Gasteiger partial charge in [-0.2, -0.15) is 0 Å². The lowest BCUT2D eigenvalue weighted by molar-refractivity contribution is -0.279. The molecule has 2 aliphatic heterocycles. The Hall–Kier alpha value is -5.07. The van der Waals surface area contributed by atoms with Crippen LogP contribution in [0.4, 0.5) is 0 Å². The maximum atomic E-state index is 12.8. The second-order valence-electron chi connectivity index (χ2n) is 11.7. The smallest absolute Gasteiger partial charge is 0.341 e. The summed E-state index contributed by atoms with van der Waals surface area (Å²) in [6, 6.07) is 5.49. The van der Waals surface area contributed by atoms with Gasteiger partial charge < -0.3 is 25.3 Å². The number of nitrogens with zero attached hydrogens (tertiary/aromatic N) is 2. The average molecular weight is 629 g/mol. The number of carboxylic acid groups (broad SMARTS) is 3. The summed E-state index contributed by atoms with van der Waals surface area (Å²) in [6.07, 6.45) is 0.156. The van der Waals surface area contributed by atoms with Gasteiger partial charge in [-0.3, -0.25) is 15.0 Å². The molecule has 0 spiro atoms. The summed E-state index contributed by atoms with van der Waals surface area (Å²) in [5, 5.41) is 40.1. The van der Waals surface area contributed by atoms with Gasteiger partial charge in [0, 0.05) is 51.6 Å². The molecular formula is C34H36N4O8. The summed E-state index contributed by atoms with van der Waals surface area (Å²) in [7, 11) is 0. The van der Waals surface area contributed by atoms with Crippen molar-refractivity contribution in [2.75, 3.05) is 0 Å². The van der Waals surface area contributed by atoms with E-state index < -0.39 is 35.8 Å². The third kappa shape index (κ3) is 5.39. The SMILES string of the molecule is C=Cc1c(C)c2cc3nc(c(C(OO)C(=O)O)c4[nH]c(cc5nc(cc1[nH]2)C(C)=C5CC)c(C)c4C(=O)O)[C@@H](CCC(=O)O)[C@@H]3C. The Morgan fingerprint density at radius 1 is 1.00 bits per heavy atom. The molecule has 1 unspecified atom stereocenters. The number of rotatable bonds is 9. The molecule has 5 rings (SSSR count). The van der Waals surface area contributed by atoms with Crippen LogP contribution in [0.25, 0.3) is 39.3 Å². The zero-order chi connectivity index (χ0) is 33.6. The standard InChI is InChI=1S/C34H36N4O8/c1-7-18-14(3)21-11-23-16(5)20(9-10-27(39)40)30(37-23)29(32(46-45)34(43)44)31-28(33(41)42)17(6)24(38-31)13-26-19(8-2)15(4)22(36-26)12-25(18)35-21/h7,11-13,16,20,32,35,38,45H,1,8-10H2,2-6H3,(H,39,40)(H,41,42)(H,43,44)/t16-,20-,32?/m0/s1. The molecule has 12 heteroatoms. The highest BCUT2D eigenvalue weighted by Crippen LogP contribution is 2.44. The van der Waals surface area contributed by atoms with Crippen molar-refractivity contribution in [2.24, 2.45) is 0 Å². The van der Waals surface area contributed by atoms with Crippen LogP contribution in [-0.4, -0.2) is 58.4 Å². The second-order valence-corrected chi connectivity index (χ2v) is 11.7. The van der Waals surface area contributed by atoms with Gasteiger partial charge in [-0.25, -0.2) is 19.5 Å². The molecule has 3 aromatic heterocycles. The van der Waals surface area contributed by atoms with Gasteiger partial charge >= 0.3 is 17.9 Å². The molecule has 0 saturated heterocycles. The van der Waals surface area contributed by atoms with E-state index in [1.165, 1.54) is 0 Å². The highest BCUT2D eigenvalue weighted by molar-refractivity contribution is 6.03. The minimum Gasteiger partial charge on any atom is -0.481 e. The summed E-state index contributed by atoms with van der Waals surface area (Å²) in [6.45, 7) is 13.3. The van der Waals surface area contributed by atoms with E-state index in [4.69, 9.17) is 9.97 Å². The first-order valence-corrected chi connectivity index (χ1v) is 14.9. The van der Waals surface area contributed by atoms with Crippen molar-refractivity contribution in [3.05, 3.63) is 75.4 Å². The Balaban J connectivity index is 2.09. The van der Waals surface area contributed by atoms with E-state index in [9.17, 15) is 35.0 Å². The monoisotopic (exact) mass is 628 g/mol. The van der Waals surface area contributed by atoms with Gasteiger partial charge in [0.2, 0.25) is 6.10 Å². The maximum absolute atomic E-state index is 12.8. The first-order valence-electron chi connectivity index (χ1n) is 14.9. The topological polar surface area (TPSA) is 199 Å². The highest BCUT2D eigenvalue weighted by atomic mass is 17.1. The van der Waals surface area contributed by atoms with Crippen molar-refractivity contribution in [3.63, 3.8) is 0 Å². The molecule has 12 nitrogen and oxygen atoms in total. The quantitative estimate of drug-likeness (QED) is 0.106. The Morgan fingerprint density at radius 2 is 1.67 bits per heavy atom. The Bertz CT molecular complexity index is 2000. The number of aliphatic carboxylic acids is 2. The molecule has 0 radical (unpaired) electrons. The second kappa shape index (κ2) is 12.4. The van der Waals surface area contributed by atoms with Crippen molar-refractivity contribution < 1.29 is 39.8 Å². The molecule has 0 amide bonds. The number of carbonyl (C=O) groups is 3. The van der Waals surface area contributed by atoms with E-state index in [0.29, 0.717) is 34.4 Å². The number of H-pyrrole nitrogens is 2. The molecule has 6 N–H and O–H groups in total. The van der Waals surface area contributed by atoms with Gasteiger partial charge in [0.05, 0.1) is 28.2 Å². The van der Waals surface area contributed by atoms with Crippen molar-refractivity contribution in [2.45, 2.75) is 71.8 Å². The summed E-state index contributed by atoms with van der Waals surface area (Å²) >= 11 is 0. The van der Waals surface area contributed by atoms with Crippen LogP contribution in [0.3, 0.4) is 0 Å². The average Bonchev–Trinajstić information content (AvgIpc) is 3.67. The molecule has 3 aromatic rings. The van der Waals surface area contributed by atoms with E-state index in [-0.39, 0.29) is 35.2 Å². The van der Waals surface area contributed by atoms with Crippen LogP contribution in [0, 0.1) is 13.8 Å². The molecule has 5 heterocycles. The number of allylic oxidation sites excluding steroid dienone is 2. The van der Waals surface area contributed by atoms with Gasteiger partial charge in [0.25, 0.3) is 0 Å². The number of aromatic carboxylic acids is 1. The molecule has 2 aliphatic rings. The van der Waals surface area contributed by atoms with Gasteiger partial charge in [-0.1, -0.05) is 26.5 Å². The Kier molecular flexibility index (Phi) is 8.70. The molecule has 0 aliphatic carbocycles. The van der Waals surface area contributed by atoms with E-state index >= 15 is 0 Å². The molecular weight excluding hydrogens is 592 g/mol. The Labute approximate surface area is 264 Å². The lowest BCUT2D eigenvalue weighted by Gasteiger charge is -2.19. The van der Waals surface area contributed by atoms with Crippen LogP contribution in [0.5, 0.6) is 0 Å². The molecule has 46 heavy (non-hydrogen) atoms. The first kappa shape index (κ1) is 32.3. The number of nitrogens with one attached hydrogen (secondary N) is 2. The summed E-state index contributed by atoms with van der Waals surface area (Å²) in [5.41, 5.74) is 7.21. The molecule has 3 atom stereocenters. The molecule has 0 fully saturated rings. The predicted octanol–water partition coefficient (Wildman–Crippen LogP) is 6.98. The largest absolute Gasteiger partial charge is 0.481 e. The van der Waals surface area contributed by atoms with Crippen LogP contribution in [0.15, 0.2) is 24.8 Å². The van der Waals surface area contributed by atoms with Crippen LogP contribution in [-0.2, 0) is 14.5 Å². The minimum absolute atomic E-state index is 0.0642. The van der Waals surface area contributed by atoms with Crippen molar-refractivity contribution >= 4 is 57.2 Å². The van der Waals surface area contributed by atoms with Crippen LogP contribution < -0.4 is 0 Å². The van der Waals surface area contributed by atoms with Crippen LogP contribution >= 0.6 is 0 Å². The fraction of sp³-hybridized carbons (Fsp3) is 0.324. The number of aromatic nitrogens is 4. The fourth-order valence-corrected chi connectivity index (χ4v) is 6.63. The zero-order valence-corrected chi connectivity index (χ0v) is 26.2. The van der Waals surface area contributed by atoms with Crippen molar-refractivity contribution in [1.29, 1.82) is 0 Å². The van der Waals surface area contributed by atoms with E-state index in [1.807, 2.05) is 39.8 Å². The molecule has 0 aromatic carbocycles. The number of fused-ring (bicyclic) bond motifs is 8. The summed E-state index contributed by atoms with van der Waals surface area (Å²) < 4.78 is 0. The normalized spacial score (nSPS) is 16.8. The highest BCUT2D eigenvalue weighted by Gasteiger charge is 2.38. The third-order valence-electron chi connectivity index (χ3n) is 9.15. The zero-order valence-electron chi connectivity index (χ0n) is 26.2. The van der Waals surface area contributed by atoms with E-state index in [1.54, 1.807) is 19.1 Å². The minimum atomic E-state index is -2.04. The summed E-state index contributed by atoms with van der Waals surface area (Å²) in [5.74, 6) is -5.06. The summed E-state index contributed by atoms with van der Waals surface area (Å²) in [4.78, 5) is 57.8. The maximum Gasteiger partial charge on any atom is 0.341 e. The van der Waals surface area contributed by atoms with Crippen molar-refractivity contribution in [1.82, 2.24) is 19.9 Å². The number of hydrogen-bond donors (Lipinski definition) is 6. The Morgan fingerprint density at radius 3 is 2.26 bits per heavy atom. The van der Waals surface area contributed by atoms with Gasteiger partial charge in [-0.15, -0.1) is 0 Å². The van der Waals surface area contributed by atoms with Crippen LogP contribution in [0.2, 0.25) is 0 Å². The van der Waals surface area contributed by atoms with Crippen molar-refractivity contribution in [3.8, 4) is 0 Å².